The highest BCUT2D eigenvalue weighted by atomic mass is 19.1. The number of aromatic nitrogens is 2. The maximum absolute atomic E-state index is 14.6. The minimum atomic E-state index is -0.440. The topological polar surface area (TPSA) is 62.1 Å². The second-order valence-electron chi connectivity index (χ2n) is 10.6. The van der Waals surface area contributed by atoms with Crippen molar-refractivity contribution in [3.63, 3.8) is 0 Å². The van der Waals surface area contributed by atoms with Crippen molar-refractivity contribution in [2.24, 2.45) is 0 Å². The van der Waals surface area contributed by atoms with Crippen LogP contribution in [0.3, 0.4) is 0 Å². The van der Waals surface area contributed by atoms with E-state index in [2.05, 4.69) is 20.2 Å². The third kappa shape index (κ3) is 4.82. The zero-order valence-corrected chi connectivity index (χ0v) is 21.0. The fraction of sp³-hybridized carbons (Fsp3) is 0.500. The van der Waals surface area contributed by atoms with Gasteiger partial charge in [-0.15, -0.1) is 0 Å². The molecule has 2 aromatic heterocycles. The smallest absolute Gasteiger partial charge is 0.255 e. The predicted octanol–water partition coefficient (Wildman–Crippen LogP) is 4.33. The lowest BCUT2D eigenvalue weighted by Crippen LogP contribution is -2.58. The van der Waals surface area contributed by atoms with Crippen molar-refractivity contribution in [3.8, 4) is 0 Å². The van der Waals surface area contributed by atoms with Crippen molar-refractivity contribution < 1.29 is 18.3 Å². The van der Waals surface area contributed by atoms with Gasteiger partial charge in [-0.25, -0.2) is 13.3 Å². The minimum Gasteiger partial charge on any atom is -0.381 e. The molecule has 1 N–H and O–H groups in total. The van der Waals surface area contributed by atoms with Gasteiger partial charge in [0.1, 0.15) is 11.6 Å². The van der Waals surface area contributed by atoms with Crippen LogP contribution >= 0.6 is 0 Å². The van der Waals surface area contributed by atoms with E-state index in [-0.39, 0.29) is 17.5 Å². The summed E-state index contributed by atoms with van der Waals surface area (Å²) in [6, 6.07) is 7.24. The Hall–Kier alpha value is -3.04. The number of halogens is 2. The van der Waals surface area contributed by atoms with Crippen LogP contribution in [0.5, 0.6) is 0 Å². The van der Waals surface area contributed by atoms with Crippen LogP contribution < -0.4 is 10.2 Å². The lowest BCUT2D eigenvalue weighted by Gasteiger charge is -2.40. The van der Waals surface area contributed by atoms with Gasteiger partial charge in [0.2, 0.25) is 0 Å². The molecule has 3 saturated heterocycles. The van der Waals surface area contributed by atoms with Crippen LogP contribution in [-0.4, -0.2) is 65.4 Å². The van der Waals surface area contributed by atoms with Crippen molar-refractivity contribution >= 4 is 17.1 Å². The van der Waals surface area contributed by atoms with Crippen molar-refractivity contribution in [3.05, 3.63) is 65.5 Å². The highest BCUT2D eigenvalue weighted by Crippen LogP contribution is 2.38. The highest BCUT2D eigenvalue weighted by Gasteiger charge is 2.37. The lowest BCUT2D eigenvalue weighted by molar-refractivity contribution is 0.0238. The fourth-order valence-electron chi connectivity index (χ4n) is 6.25. The first-order valence-corrected chi connectivity index (χ1v) is 13.3. The summed E-state index contributed by atoms with van der Waals surface area (Å²) in [5.41, 5.74) is 2.13. The average molecular weight is 510 g/mol. The molecule has 3 fully saturated rings. The van der Waals surface area contributed by atoms with Crippen LogP contribution in [0.2, 0.25) is 0 Å². The summed E-state index contributed by atoms with van der Waals surface area (Å²) in [6.45, 7) is 4.98. The fourth-order valence-corrected chi connectivity index (χ4v) is 6.25. The highest BCUT2D eigenvalue weighted by molar-refractivity contribution is 6.01. The third-order valence-electron chi connectivity index (χ3n) is 8.20. The molecule has 0 saturated carbocycles. The van der Waals surface area contributed by atoms with Gasteiger partial charge in [0.15, 0.2) is 0 Å². The molecule has 6 rings (SSSR count). The second-order valence-corrected chi connectivity index (χ2v) is 10.6. The van der Waals surface area contributed by atoms with Crippen molar-refractivity contribution in [2.75, 3.05) is 44.3 Å². The van der Waals surface area contributed by atoms with Gasteiger partial charge in [-0.05, 0) is 81.9 Å². The molecule has 3 aromatic rings. The largest absolute Gasteiger partial charge is 0.381 e. The van der Waals surface area contributed by atoms with Gasteiger partial charge in [0.25, 0.3) is 5.91 Å². The first-order valence-electron chi connectivity index (χ1n) is 13.3. The van der Waals surface area contributed by atoms with Gasteiger partial charge in [0.05, 0.1) is 28.9 Å². The number of hydrogen-bond acceptors (Lipinski definition) is 5. The van der Waals surface area contributed by atoms with E-state index in [1.54, 1.807) is 10.7 Å². The maximum Gasteiger partial charge on any atom is 0.255 e. The molecule has 37 heavy (non-hydrogen) atoms. The second kappa shape index (κ2) is 10.0. The van der Waals surface area contributed by atoms with Crippen molar-refractivity contribution in [1.29, 1.82) is 0 Å². The Morgan fingerprint density at radius 3 is 2.70 bits per heavy atom. The Bertz CT molecular complexity index is 1280. The van der Waals surface area contributed by atoms with Gasteiger partial charge in [-0.3, -0.25) is 4.79 Å². The molecular weight excluding hydrogens is 476 g/mol. The Morgan fingerprint density at radius 2 is 1.89 bits per heavy atom. The van der Waals surface area contributed by atoms with Crippen molar-refractivity contribution in [1.82, 2.24) is 19.8 Å². The number of hydrogen-bond donors (Lipinski definition) is 1. The van der Waals surface area contributed by atoms with Crippen LogP contribution in [0.4, 0.5) is 14.5 Å². The molecule has 3 aliphatic heterocycles. The minimum absolute atomic E-state index is 0.137. The quantitative estimate of drug-likeness (QED) is 0.536. The van der Waals surface area contributed by atoms with Crippen LogP contribution in [0.1, 0.15) is 60.5 Å². The number of pyridine rings is 1. The van der Waals surface area contributed by atoms with Gasteiger partial charge >= 0.3 is 0 Å². The first-order chi connectivity index (χ1) is 18.0. The summed E-state index contributed by atoms with van der Waals surface area (Å²) in [6.07, 6.45) is 9.03. The molecule has 7 nitrogen and oxygen atoms in total. The average Bonchev–Trinajstić information content (AvgIpc) is 3.66. The Morgan fingerprint density at radius 1 is 1.08 bits per heavy atom. The Kier molecular flexibility index (Phi) is 6.58. The summed E-state index contributed by atoms with van der Waals surface area (Å²) in [4.78, 5) is 18.2. The van der Waals surface area contributed by atoms with E-state index in [0.717, 1.165) is 63.6 Å². The van der Waals surface area contributed by atoms with Crippen LogP contribution in [0.15, 0.2) is 42.7 Å². The number of ether oxygens (including phenoxy) is 1. The van der Waals surface area contributed by atoms with E-state index in [4.69, 9.17) is 4.74 Å². The van der Waals surface area contributed by atoms with E-state index < -0.39 is 11.6 Å². The number of carbonyl (C=O) groups is 1. The molecule has 0 radical (unpaired) electrons. The normalized spacial score (nSPS) is 22.1. The first kappa shape index (κ1) is 24.3. The molecule has 5 heterocycles. The number of amides is 1. The molecule has 9 heteroatoms. The Labute approximate surface area is 215 Å². The Balaban J connectivity index is 1.28. The molecule has 0 spiro atoms. The number of anilines is 1. The molecule has 3 aliphatic rings. The molecule has 1 atom stereocenters. The molecular formula is C28H33F2N5O2. The zero-order chi connectivity index (χ0) is 25.4. The van der Waals surface area contributed by atoms with E-state index in [1.165, 1.54) is 25.0 Å². The van der Waals surface area contributed by atoms with E-state index >= 15 is 0 Å². The molecule has 1 aromatic carbocycles. The molecule has 196 valence electrons. The molecule has 0 bridgehead atoms. The maximum atomic E-state index is 14.6. The zero-order valence-electron chi connectivity index (χ0n) is 21.0. The summed E-state index contributed by atoms with van der Waals surface area (Å²) in [5, 5.41) is 7.79. The van der Waals surface area contributed by atoms with E-state index in [9.17, 15) is 13.6 Å². The molecule has 1 unspecified atom stereocenters. The number of benzene rings is 1. The number of nitrogens with zero attached hydrogens (tertiary/aromatic N) is 4. The van der Waals surface area contributed by atoms with E-state index in [1.807, 2.05) is 18.3 Å². The van der Waals surface area contributed by atoms with Crippen molar-refractivity contribution in [2.45, 2.75) is 50.1 Å². The number of carbonyl (C=O) groups excluding carboxylic acids is 1. The SMILES string of the molecule is O=C(NC1(CN2CCCC2)CCOCC1)c1cnn2ccc(N3CCCC3c3cc(F)ccc3F)cc12. The van der Waals surface area contributed by atoms with Crippen LogP contribution in [0.25, 0.3) is 5.52 Å². The summed E-state index contributed by atoms with van der Waals surface area (Å²) in [7, 11) is 0. The predicted molar refractivity (Wildman–Crippen MR) is 137 cm³/mol. The van der Waals surface area contributed by atoms with Crippen LogP contribution in [0, 0.1) is 11.6 Å². The number of rotatable bonds is 6. The van der Waals surface area contributed by atoms with E-state index in [0.29, 0.717) is 29.9 Å². The number of likely N-dealkylation sites (tertiary alicyclic amines) is 1. The third-order valence-corrected chi connectivity index (χ3v) is 8.20. The lowest BCUT2D eigenvalue weighted by atomic mass is 9.89. The van der Waals surface area contributed by atoms with Gasteiger partial charge in [-0.2, -0.15) is 5.10 Å². The summed E-state index contributed by atoms with van der Waals surface area (Å²) < 4.78 is 35.9. The van der Waals surface area contributed by atoms with Gasteiger partial charge < -0.3 is 19.9 Å². The number of nitrogens with one attached hydrogen (secondary N) is 1. The molecule has 0 aliphatic carbocycles. The van der Waals surface area contributed by atoms with Crippen LogP contribution in [-0.2, 0) is 4.74 Å². The van der Waals surface area contributed by atoms with Gasteiger partial charge in [-0.1, -0.05) is 0 Å². The number of fused-ring (bicyclic) bond motifs is 1. The summed E-state index contributed by atoms with van der Waals surface area (Å²) in [5.74, 6) is -0.977. The monoisotopic (exact) mass is 509 g/mol. The molecule has 1 amide bonds. The summed E-state index contributed by atoms with van der Waals surface area (Å²) >= 11 is 0. The van der Waals surface area contributed by atoms with Gasteiger partial charge in [0, 0.05) is 43.8 Å². The standard InChI is InChI=1S/C28H33F2N5O2/c29-20-5-6-24(30)22(16-20)25-4-3-12-34(25)21-7-13-35-26(17-21)23(18-31-35)27(36)32-28(8-14-37-15-9-28)19-33-10-1-2-11-33/h5-7,13,16-18,25H,1-4,8-12,14-15,19H2,(H,32,36).